The number of carbonyl (C=O) groups is 5. The number of hydrogen-bond donors (Lipinski definition) is 7. The van der Waals surface area contributed by atoms with Crippen LogP contribution < -0.4 is 22.1 Å². The van der Waals surface area contributed by atoms with Gasteiger partial charge >= 0.3 is 11.9 Å². The molecule has 8 N–H and O–H groups in total. The smallest absolute Gasteiger partial charge is 0.322 e. The van der Waals surface area contributed by atoms with Crippen LogP contribution in [0, 0.1) is 0 Å². The van der Waals surface area contributed by atoms with Gasteiger partial charge in [0.2, 0.25) is 17.7 Å². The maximum absolute atomic E-state index is 11.5. The Balaban J connectivity index is -0.000000772. The Hall–Kier alpha value is -2.07. The molecule has 26 heavy (non-hydrogen) atoms. The van der Waals surface area contributed by atoms with Gasteiger partial charge in [0.1, 0.15) is 18.6 Å². The van der Waals surface area contributed by atoms with Gasteiger partial charge in [-0.25, -0.2) is 0 Å². The summed E-state index contributed by atoms with van der Waals surface area (Å²) >= 11 is 3.87. The van der Waals surface area contributed by atoms with Gasteiger partial charge in [-0.2, -0.15) is 12.6 Å². The number of aliphatic carboxylic acids is 2. The molecular formula is C13H25AlN4O7S. The summed E-state index contributed by atoms with van der Waals surface area (Å²) in [6.07, 6.45) is 0.821. The molecule has 0 aromatic heterocycles. The van der Waals surface area contributed by atoms with Gasteiger partial charge in [-0.1, -0.05) is 6.58 Å². The minimum atomic E-state index is -1.22. The first-order valence-corrected chi connectivity index (χ1v) is 7.48. The van der Waals surface area contributed by atoms with Crippen molar-refractivity contribution in [2.24, 2.45) is 11.5 Å². The van der Waals surface area contributed by atoms with Gasteiger partial charge in [-0.05, 0) is 12.5 Å². The first-order valence-electron chi connectivity index (χ1n) is 6.85. The van der Waals surface area contributed by atoms with Crippen LogP contribution in [0.3, 0.4) is 0 Å². The molecule has 0 radical (unpaired) electrons. The van der Waals surface area contributed by atoms with E-state index in [9.17, 15) is 24.0 Å². The average Bonchev–Trinajstić information content (AvgIpc) is 2.55. The SMILES string of the molecule is C=CC(N)=O.NC(CCC(=O)NC(CS)C(=O)NCC(=O)O)C(=O)O.[AlH3]. The van der Waals surface area contributed by atoms with Crippen molar-refractivity contribution >= 4 is 59.7 Å². The molecule has 11 nitrogen and oxygen atoms in total. The van der Waals surface area contributed by atoms with E-state index < -0.39 is 48.3 Å². The van der Waals surface area contributed by atoms with Crippen molar-refractivity contribution in [3.8, 4) is 0 Å². The van der Waals surface area contributed by atoms with Crippen molar-refractivity contribution in [1.29, 1.82) is 0 Å². The van der Waals surface area contributed by atoms with Gasteiger partial charge in [0.25, 0.3) is 0 Å². The van der Waals surface area contributed by atoms with E-state index >= 15 is 0 Å². The van der Waals surface area contributed by atoms with E-state index in [0.29, 0.717) is 0 Å². The summed E-state index contributed by atoms with van der Waals surface area (Å²) in [4.78, 5) is 53.2. The van der Waals surface area contributed by atoms with Crippen LogP contribution >= 0.6 is 12.6 Å². The van der Waals surface area contributed by atoms with Crippen LogP contribution in [0.5, 0.6) is 0 Å². The molecule has 2 atom stereocenters. The second kappa shape index (κ2) is 16.4. The Kier molecular flexibility index (Phi) is 18.1. The molecule has 0 fully saturated rings. The normalized spacial score (nSPS) is 11.3. The molecule has 148 valence electrons. The molecule has 3 amide bonds. The van der Waals surface area contributed by atoms with Crippen molar-refractivity contribution < 1.29 is 34.2 Å². The van der Waals surface area contributed by atoms with Gasteiger partial charge in [0.05, 0.1) is 0 Å². The van der Waals surface area contributed by atoms with E-state index in [1.54, 1.807) is 0 Å². The number of primary amides is 1. The fourth-order valence-electron chi connectivity index (χ4n) is 1.16. The van der Waals surface area contributed by atoms with Gasteiger partial charge in [-0.15, -0.1) is 0 Å². The fourth-order valence-corrected chi connectivity index (χ4v) is 1.41. The third kappa shape index (κ3) is 16.8. The average molecular weight is 408 g/mol. The second-order valence-corrected chi connectivity index (χ2v) is 4.87. The first kappa shape index (κ1) is 28.7. The molecule has 0 rings (SSSR count). The van der Waals surface area contributed by atoms with Crippen LogP contribution in [0.1, 0.15) is 12.8 Å². The predicted octanol–water partition coefficient (Wildman–Crippen LogP) is -3.73. The number of carbonyl (C=O) groups excluding carboxylic acids is 3. The lowest BCUT2D eigenvalue weighted by molar-refractivity contribution is -0.139. The Morgan fingerprint density at radius 2 is 1.69 bits per heavy atom. The van der Waals surface area contributed by atoms with E-state index in [1.807, 2.05) is 0 Å². The van der Waals surface area contributed by atoms with Crippen LogP contribution in [0.25, 0.3) is 0 Å². The van der Waals surface area contributed by atoms with E-state index in [0.717, 1.165) is 6.08 Å². The van der Waals surface area contributed by atoms with E-state index in [4.69, 9.17) is 15.9 Å². The van der Waals surface area contributed by atoms with Crippen LogP contribution in [-0.2, 0) is 24.0 Å². The molecule has 0 bridgehead atoms. The topological polar surface area (TPSA) is 202 Å². The quantitative estimate of drug-likeness (QED) is 0.108. The summed E-state index contributed by atoms with van der Waals surface area (Å²) in [5.41, 5.74) is 9.76. The number of nitrogens with one attached hydrogen (secondary N) is 2. The maximum Gasteiger partial charge on any atom is 0.322 e. The summed E-state index contributed by atoms with van der Waals surface area (Å²) in [7, 11) is 0. The Morgan fingerprint density at radius 3 is 2.04 bits per heavy atom. The van der Waals surface area contributed by atoms with Crippen LogP contribution in [0.2, 0.25) is 0 Å². The number of carboxylic acids is 2. The molecule has 0 spiro atoms. The number of rotatable bonds is 10. The monoisotopic (exact) mass is 408 g/mol. The van der Waals surface area contributed by atoms with Crippen LogP contribution in [0.4, 0.5) is 0 Å². The van der Waals surface area contributed by atoms with Crippen molar-refractivity contribution in [2.45, 2.75) is 24.9 Å². The zero-order valence-electron chi connectivity index (χ0n) is 13.3. The summed E-state index contributed by atoms with van der Waals surface area (Å²) < 4.78 is 0. The summed E-state index contributed by atoms with van der Waals surface area (Å²) in [5.74, 6) is -4.19. The molecule has 13 heteroatoms. The number of amides is 3. The Bertz CT molecular complexity index is 519. The highest BCUT2D eigenvalue weighted by Crippen LogP contribution is 1.97. The lowest BCUT2D eigenvalue weighted by Crippen LogP contribution is -2.49. The molecule has 0 aliphatic carbocycles. The zero-order chi connectivity index (χ0) is 20.0. The molecule has 0 saturated heterocycles. The third-order valence-electron chi connectivity index (χ3n) is 2.45. The number of hydrogen-bond acceptors (Lipinski definition) is 7. The molecule has 0 heterocycles. The van der Waals surface area contributed by atoms with Crippen molar-refractivity contribution in [3.05, 3.63) is 12.7 Å². The highest BCUT2D eigenvalue weighted by molar-refractivity contribution is 7.80. The maximum atomic E-state index is 11.5. The number of nitrogens with two attached hydrogens (primary N) is 2. The van der Waals surface area contributed by atoms with Gasteiger partial charge in [0, 0.05) is 12.2 Å². The molecule has 0 aliphatic heterocycles. The third-order valence-corrected chi connectivity index (χ3v) is 2.81. The fraction of sp³-hybridized carbons (Fsp3) is 0.462. The Labute approximate surface area is 166 Å². The Morgan fingerprint density at radius 1 is 1.19 bits per heavy atom. The summed E-state index contributed by atoms with van der Waals surface area (Å²) in [6, 6.07) is -2.15. The second-order valence-electron chi connectivity index (χ2n) is 4.50. The largest absolute Gasteiger partial charge is 0.480 e. The van der Waals surface area contributed by atoms with E-state index in [1.165, 1.54) is 0 Å². The van der Waals surface area contributed by atoms with Crippen molar-refractivity contribution in [2.75, 3.05) is 12.3 Å². The van der Waals surface area contributed by atoms with E-state index in [-0.39, 0.29) is 36.0 Å². The lowest BCUT2D eigenvalue weighted by Gasteiger charge is -2.16. The van der Waals surface area contributed by atoms with Gasteiger partial charge < -0.3 is 32.3 Å². The van der Waals surface area contributed by atoms with Crippen LogP contribution in [-0.4, -0.2) is 81.6 Å². The minimum absolute atomic E-state index is 0. The minimum Gasteiger partial charge on any atom is -0.480 e. The highest BCUT2D eigenvalue weighted by Gasteiger charge is 2.20. The number of thiol groups is 1. The number of carboxylic acid groups (broad SMARTS) is 2. The van der Waals surface area contributed by atoms with Gasteiger partial charge in [0.15, 0.2) is 17.4 Å². The molecule has 0 aromatic carbocycles. The van der Waals surface area contributed by atoms with Crippen LogP contribution in [0.15, 0.2) is 12.7 Å². The molecule has 0 saturated carbocycles. The molecular weight excluding hydrogens is 383 g/mol. The predicted molar refractivity (Wildman–Crippen MR) is 101 cm³/mol. The zero-order valence-corrected chi connectivity index (χ0v) is 14.2. The summed E-state index contributed by atoms with van der Waals surface area (Å²) in [6.45, 7) is 2.52. The standard InChI is InChI=1S/C10H17N3O6S.C3H5NO.Al.3H/c11-5(10(18)19)1-2-7(14)13-6(4-20)9(17)12-3-8(15)16;1-2-3(4)5;;;;/h5-6,20H,1-4,11H2,(H,12,17)(H,13,14)(H,15,16)(H,18,19);2H,1H2,(H2,4,5);;;;. The first-order chi connectivity index (χ1) is 11.5. The van der Waals surface area contributed by atoms with Gasteiger partial charge in [-0.3, -0.25) is 24.0 Å². The molecule has 0 aliphatic rings. The summed E-state index contributed by atoms with van der Waals surface area (Å²) in [5, 5.41) is 21.4. The highest BCUT2D eigenvalue weighted by atomic mass is 32.1. The lowest BCUT2D eigenvalue weighted by atomic mass is 10.1. The molecule has 0 aromatic rings. The van der Waals surface area contributed by atoms with Crippen molar-refractivity contribution in [1.82, 2.24) is 10.6 Å². The van der Waals surface area contributed by atoms with E-state index in [2.05, 4.69) is 35.6 Å². The molecule has 2 unspecified atom stereocenters. The van der Waals surface area contributed by atoms with Crippen molar-refractivity contribution in [3.63, 3.8) is 0 Å².